The molecule has 20 heavy (non-hydrogen) atoms. The van der Waals surface area contributed by atoms with Crippen molar-refractivity contribution in [1.29, 1.82) is 0 Å². The number of phenols is 1. The number of amides is 1. The van der Waals surface area contributed by atoms with E-state index < -0.39 is 5.60 Å². The Morgan fingerprint density at radius 1 is 1.25 bits per heavy atom. The van der Waals surface area contributed by atoms with Gasteiger partial charge < -0.3 is 14.7 Å². The molecule has 4 nitrogen and oxygen atoms in total. The summed E-state index contributed by atoms with van der Waals surface area (Å²) in [6, 6.07) is 4.91. The minimum absolute atomic E-state index is 0.0211. The van der Waals surface area contributed by atoms with Crippen LogP contribution in [0.1, 0.15) is 46.5 Å². The highest BCUT2D eigenvalue weighted by molar-refractivity contribution is 6.02. The van der Waals surface area contributed by atoms with Crippen LogP contribution in [0.4, 0.5) is 5.69 Å². The molecular weight excluding hydrogens is 254 g/mol. The van der Waals surface area contributed by atoms with Gasteiger partial charge in [-0.05, 0) is 32.4 Å². The van der Waals surface area contributed by atoms with Crippen molar-refractivity contribution >= 4 is 11.6 Å². The van der Waals surface area contributed by atoms with Gasteiger partial charge in [-0.1, -0.05) is 26.2 Å². The van der Waals surface area contributed by atoms with Crippen LogP contribution < -0.4 is 9.64 Å². The Kier molecular flexibility index (Phi) is 4.21. The number of unbranched alkanes of at least 4 members (excludes halogenated alkanes) is 3. The highest BCUT2D eigenvalue weighted by atomic mass is 16.5. The molecule has 0 radical (unpaired) electrons. The zero-order chi connectivity index (χ0) is 14.8. The second-order valence-electron chi connectivity index (χ2n) is 5.78. The van der Waals surface area contributed by atoms with Crippen LogP contribution in [-0.2, 0) is 4.79 Å². The summed E-state index contributed by atoms with van der Waals surface area (Å²) < 4.78 is 5.72. The predicted octanol–water partition coefficient (Wildman–Crippen LogP) is 3.48. The summed E-state index contributed by atoms with van der Waals surface area (Å²) in [5.41, 5.74) is -0.130. The lowest BCUT2D eigenvalue weighted by atomic mass is 10.0. The van der Waals surface area contributed by atoms with Crippen molar-refractivity contribution in [1.82, 2.24) is 0 Å². The molecule has 0 aliphatic carbocycles. The zero-order valence-electron chi connectivity index (χ0n) is 12.5. The topological polar surface area (TPSA) is 49.8 Å². The lowest BCUT2D eigenvalue weighted by molar-refractivity contribution is -0.132. The number of anilines is 1. The fourth-order valence-corrected chi connectivity index (χ4v) is 2.48. The molecule has 1 heterocycles. The first-order chi connectivity index (χ1) is 9.45. The van der Waals surface area contributed by atoms with E-state index in [1.807, 2.05) is 0 Å². The first-order valence-corrected chi connectivity index (χ1v) is 7.29. The number of aromatic hydroxyl groups is 1. The van der Waals surface area contributed by atoms with Gasteiger partial charge in [-0.2, -0.15) is 0 Å². The number of fused-ring (bicyclic) bond motifs is 1. The summed E-state index contributed by atoms with van der Waals surface area (Å²) in [5, 5.41) is 9.57. The van der Waals surface area contributed by atoms with E-state index in [1.165, 1.54) is 12.8 Å². The summed E-state index contributed by atoms with van der Waals surface area (Å²) in [5.74, 6) is 0.706. The van der Waals surface area contributed by atoms with Crippen molar-refractivity contribution in [2.24, 2.45) is 0 Å². The van der Waals surface area contributed by atoms with Gasteiger partial charge in [0.05, 0.1) is 5.69 Å². The smallest absolute Gasteiger partial charge is 0.270 e. The molecule has 2 rings (SSSR count). The Morgan fingerprint density at radius 3 is 2.70 bits per heavy atom. The van der Waals surface area contributed by atoms with Gasteiger partial charge in [0.1, 0.15) is 11.5 Å². The molecule has 0 spiro atoms. The number of carbonyl (C=O) groups is 1. The number of hydrogen-bond donors (Lipinski definition) is 1. The molecule has 1 amide bonds. The number of phenolic OH excluding ortho intramolecular Hbond substituents is 1. The van der Waals surface area contributed by atoms with Crippen LogP contribution in [0, 0.1) is 0 Å². The van der Waals surface area contributed by atoms with Crippen molar-refractivity contribution in [3.8, 4) is 11.5 Å². The van der Waals surface area contributed by atoms with Gasteiger partial charge in [-0.15, -0.1) is 0 Å². The van der Waals surface area contributed by atoms with E-state index >= 15 is 0 Å². The maximum Gasteiger partial charge on any atom is 0.270 e. The van der Waals surface area contributed by atoms with Crippen LogP contribution in [-0.4, -0.2) is 23.2 Å². The fourth-order valence-electron chi connectivity index (χ4n) is 2.48. The number of hydrogen-bond acceptors (Lipinski definition) is 3. The highest BCUT2D eigenvalue weighted by Gasteiger charge is 2.40. The number of ether oxygens (including phenoxy) is 1. The largest absolute Gasteiger partial charge is 0.508 e. The van der Waals surface area contributed by atoms with Crippen molar-refractivity contribution in [3.63, 3.8) is 0 Å². The summed E-state index contributed by atoms with van der Waals surface area (Å²) in [6.07, 6.45) is 4.46. The lowest BCUT2D eigenvalue weighted by Crippen LogP contribution is -2.52. The third kappa shape index (κ3) is 2.89. The summed E-state index contributed by atoms with van der Waals surface area (Å²) in [7, 11) is 0. The van der Waals surface area contributed by atoms with Crippen LogP contribution in [0.25, 0.3) is 0 Å². The zero-order valence-corrected chi connectivity index (χ0v) is 12.5. The van der Waals surface area contributed by atoms with Gasteiger partial charge in [0.2, 0.25) is 0 Å². The number of carbonyl (C=O) groups excluding carboxylic acids is 1. The van der Waals surface area contributed by atoms with E-state index in [9.17, 15) is 9.90 Å². The van der Waals surface area contributed by atoms with Gasteiger partial charge in [0, 0.05) is 12.6 Å². The Bertz CT molecular complexity index is 496. The summed E-state index contributed by atoms with van der Waals surface area (Å²) >= 11 is 0. The SMILES string of the molecule is CCCCCCN1C(=O)C(C)(C)Oc2cc(O)ccc21. The van der Waals surface area contributed by atoms with Crippen LogP contribution in [0.2, 0.25) is 0 Å². The van der Waals surface area contributed by atoms with Crippen molar-refractivity contribution in [2.75, 3.05) is 11.4 Å². The summed E-state index contributed by atoms with van der Waals surface area (Å²) in [4.78, 5) is 14.3. The molecule has 0 fully saturated rings. The molecule has 1 N–H and O–H groups in total. The Balaban J connectivity index is 2.22. The normalized spacial score (nSPS) is 16.8. The Morgan fingerprint density at radius 2 is 2.00 bits per heavy atom. The molecule has 0 bridgehead atoms. The number of rotatable bonds is 5. The van der Waals surface area contributed by atoms with Crippen molar-refractivity contribution < 1.29 is 14.6 Å². The molecule has 0 aromatic heterocycles. The molecule has 110 valence electrons. The molecule has 1 aromatic carbocycles. The van der Waals surface area contributed by atoms with Gasteiger partial charge in [-0.3, -0.25) is 4.79 Å². The fraction of sp³-hybridized carbons (Fsp3) is 0.562. The highest BCUT2D eigenvalue weighted by Crippen LogP contribution is 2.39. The van der Waals surface area contributed by atoms with E-state index in [0.717, 1.165) is 18.5 Å². The number of benzene rings is 1. The van der Waals surface area contributed by atoms with Gasteiger partial charge >= 0.3 is 0 Å². The second-order valence-corrected chi connectivity index (χ2v) is 5.78. The molecule has 1 aliphatic heterocycles. The molecule has 0 unspecified atom stereocenters. The van der Waals surface area contributed by atoms with E-state index in [2.05, 4.69) is 6.92 Å². The Labute approximate surface area is 120 Å². The quantitative estimate of drug-likeness (QED) is 0.838. The van der Waals surface area contributed by atoms with Gasteiger partial charge in [0.25, 0.3) is 5.91 Å². The standard InChI is InChI=1S/C16H23NO3/c1-4-5-6-7-10-17-13-9-8-12(18)11-14(13)20-16(2,3)15(17)19/h8-9,11,18H,4-7,10H2,1-3H3. The van der Waals surface area contributed by atoms with Crippen LogP contribution in [0.15, 0.2) is 18.2 Å². The van der Waals surface area contributed by atoms with Crippen molar-refractivity contribution in [3.05, 3.63) is 18.2 Å². The molecule has 4 heteroatoms. The van der Waals surface area contributed by atoms with E-state index in [0.29, 0.717) is 12.3 Å². The average molecular weight is 277 g/mol. The molecule has 0 atom stereocenters. The lowest BCUT2D eigenvalue weighted by Gasteiger charge is -2.38. The first-order valence-electron chi connectivity index (χ1n) is 7.29. The Hall–Kier alpha value is -1.71. The maximum absolute atomic E-state index is 12.5. The van der Waals surface area contributed by atoms with Crippen LogP contribution in [0.3, 0.4) is 0 Å². The third-order valence-corrected chi connectivity index (χ3v) is 3.59. The molecular formula is C16H23NO3. The number of nitrogens with zero attached hydrogens (tertiary/aromatic N) is 1. The molecule has 1 aliphatic rings. The van der Waals surface area contributed by atoms with Crippen LogP contribution in [0.5, 0.6) is 11.5 Å². The van der Waals surface area contributed by atoms with Crippen LogP contribution >= 0.6 is 0 Å². The van der Waals surface area contributed by atoms with Gasteiger partial charge in [-0.25, -0.2) is 0 Å². The average Bonchev–Trinajstić information content (AvgIpc) is 2.38. The van der Waals surface area contributed by atoms with E-state index in [4.69, 9.17) is 4.74 Å². The van der Waals surface area contributed by atoms with E-state index in [-0.39, 0.29) is 11.7 Å². The predicted molar refractivity (Wildman–Crippen MR) is 79.3 cm³/mol. The first kappa shape index (κ1) is 14.7. The molecule has 0 saturated heterocycles. The molecule has 0 saturated carbocycles. The minimum atomic E-state index is -0.883. The minimum Gasteiger partial charge on any atom is -0.508 e. The van der Waals surface area contributed by atoms with Crippen molar-refractivity contribution in [2.45, 2.75) is 52.1 Å². The molecule has 1 aromatic rings. The monoisotopic (exact) mass is 277 g/mol. The summed E-state index contributed by atoms with van der Waals surface area (Å²) in [6.45, 7) is 6.40. The third-order valence-electron chi connectivity index (χ3n) is 3.59. The maximum atomic E-state index is 12.5. The van der Waals surface area contributed by atoms with Gasteiger partial charge in [0.15, 0.2) is 5.60 Å². The second kappa shape index (κ2) is 5.73. The van der Waals surface area contributed by atoms with E-state index in [1.54, 1.807) is 36.9 Å².